The van der Waals surface area contributed by atoms with Crippen LogP contribution in [0.1, 0.15) is 12.0 Å². The van der Waals surface area contributed by atoms with E-state index in [1.54, 1.807) is 0 Å². The van der Waals surface area contributed by atoms with Crippen molar-refractivity contribution in [1.29, 1.82) is 0 Å². The lowest BCUT2D eigenvalue weighted by molar-refractivity contribution is 0.528. The van der Waals surface area contributed by atoms with Crippen LogP contribution < -0.4 is 9.80 Å². The zero-order valence-electron chi connectivity index (χ0n) is 40.2. The lowest BCUT2D eigenvalue weighted by Gasteiger charge is -2.53. The summed E-state index contributed by atoms with van der Waals surface area (Å²) in [5.41, 5.74) is 6.18. The van der Waals surface area contributed by atoms with Gasteiger partial charge in [0.15, 0.2) is 0 Å². The average molecular weight is 935 g/mol. The van der Waals surface area contributed by atoms with Crippen LogP contribution >= 0.6 is 0 Å². The molecule has 0 heterocycles. The molecule has 17 aromatic carbocycles. The lowest BCUT2D eigenvalue weighted by Crippen LogP contribution is -2.57. The number of allylic oxidation sites excluding steroid dienone is 2. The van der Waals surface area contributed by atoms with Gasteiger partial charge in [0.25, 0.3) is 0 Å². The normalized spacial score (nSPS) is 14.3. The molecule has 2 nitrogen and oxygen atoms in total. The molecule has 0 saturated carbocycles. The molecular formula is C72H42N2. The summed E-state index contributed by atoms with van der Waals surface area (Å²) >= 11 is 0. The van der Waals surface area contributed by atoms with E-state index >= 15 is 0 Å². The molecule has 0 saturated heterocycles. The van der Waals surface area contributed by atoms with Crippen molar-refractivity contribution in [1.82, 2.24) is 0 Å². The standard InChI is InChI=1S/C72H42N2/c1-4-10-42(11-5-1)43-36-38-72(39-37-43,73(54-12-6-2-7-13-54)58-40-52-30-28-48-22-18-44-16-20-46-24-26-50-32-34-56(58)70-66(50)62(46)60(44)64(48)68(52)70)74(55-14-8-3-9-15-55)59-41-53-31-29-49-23-19-45-17-21-47-25-27-51-33-35-57(59)71-67(51)63(47)61(45)65(49)69(53)71/h1-38,40-41H,39H2. The van der Waals surface area contributed by atoms with Crippen molar-refractivity contribution in [2.75, 3.05) is 9.80 Å². The zero-order valence-corrected chi connectivity index (χ0v) is 40.2. The summed E-state index contributed by atoms with van der Waals surface area (Å²) in [7, 11) is 0. The molecule has 340 valence electrons. The summed E-state index contributed by atoms with van der Waals surface area (Å²) in [5.74, 6) is 0. The van der Waals surface area contributed by atoms with E-state index in [0.29, 0.717) is 6.42 Å². The Kier molecular flexibility index (Phi) is 7.36. The smallest absolute Gasteiger partial charge is 0.145 e. The van der Waals surface area contributed by atoms with Crippen LogP contribution in [0.4, 0.5) is 22.7 Å². The molecule has 0 amide bonds. The summed E-state index contributed by atoms with van der Waals surface area (Å²) in [4.78, 5) is 5.42. The van der Waals surface area contributed by atoms with Gasteiger partial charge in [-0.2, -0.15) is 0 Å². The number of hydrogen-bond acceptors (Lipinski definition) is 2. The maximum Gasteiger partial charge on any atom is 0.145 e. The molecule has 17 aromatic rings. The van der Waals surface area contributed by atoms with Crippen LogP contribution in [0.15, 0.2) is 243 Å². The Hall–Kier alpha value is -9.50. The van der Waals surface area contributed by atoms with Crippen molar-refractivity contribution in [2.24, 2.45) is 0 Å². The number of hydrogen-bond donors (Lipinski definition) is 0. The van der Waals surface area contributed by atoms with Crippen molar-refractivity contribution < 1.29 is 0 Å². The van der Waals surface area contributed by atoms with Crippen LogP contribution in [-0.4, -0.2) is 5.66 Å². The predicted octanol–water partition coefficient (Wildman–Crippen LogP) is 19.9. The monoisotopic (exact) mass is 934 g/mol. The third kappa shape index (κ3) is 4.86. The van der Waals surface area contributed by atoms with E-state index in [-0.39, 0.29) is 0 Å². The topological polar surface area (TPSA) is 6.48 Å². The first-order chi connectivity index (χ1) is 36.7. The Labute approximate surface area is 425 Å². The number of anilines is 4. The minimum absolute atomic E-state index is 0.675. The summed E-state index contributed by atoms with van der Waals surface area (Å²) in [5, 5.41) is 31.6. The van der Waals surface area contributed by atoms with Crippen LogP contribution in [0.25, 0.3) is 135 Å². The summed E-state index contributed by atoms with van der Waals surface area (Å²) in [6.07, 6.45) is 8.12. The first-order valence-corrected chi connectivity index (χ1v) is 26.0. The second kappa shape index (κ2) is 13.9. The molecule has 1 aliphatic rings. The second-order valence-corrected chi connectivity index (χ2v) is 21.1. The summed E-state index contributed by atoms with van der Waals surface area (Å²) < 4.78 is 0. The Morgan fingerprint density at radius 1 is 0.284 bits per heavy atom. The quantitative estimate of drug-likeness (QED) is 0.0893. The van der Waals surface area contributed by atoms with Gasteiger partial charge in [-0.1, -0.05) is 200 Å². The van der Waals surface area contributed by atoms with Gasteiger partial charge in [0.05, 0.1) is 11.4 Å². The van der Waals surface area contributed by atoms with Gasteiger partial charge in [0.1, 0.15) is 5.66 Å². The average Bonchev–Trinajstić information content (AvgIpc) is 3.53. The van der Waals surface area contributed by atoms with E-state index in [2.05, 4.69) is 252 Å². The molecule has 0 N–H and O–H groups in total. The number of para-hydroxylation sites is 2. The zero-order chi connectivity index (χ0) is 48.0. The SMILES string of the molecule is C1=CC(N(c2ccccc2)c2cc3ccc4ccc5ccc6ccc7ccc2c2c7c6c5c4c32)(N(c2ccccc2)c2cc3ccc4ccc5ccc6ccc7ccc2c2c7c6c5c4c32)CC=C1c1ccccc1. The molecule has 0 radical (unpaired) electrons. The molecule has 2 heteroatoms. The fourth-order valence-electron chi connectivity index (χ4n) is 14.5. The van der Waals surface area contributed by atoms with Gasteiger partial charge < -0.3 is 9.80 Å². The van der Waals surface area contributed by atoms with Gasteiger partial charge in [-0.3, -0.25) is 0 Å². The highest BCUT2D eigenvalue weighted by molar-refractivity contribution is 6.47. The van der Waals surface area contributed by atoms with Crippen molar-refractivity contribution in [3.05, 3.63) is 248 Å². The molecule has 0 spiro atoms. The second-order valence-electron chi connectivity index (χ2n) is 21.1. The molecule has 0 atom stereocenters. The van der Waals surface area contributed by atoms with Crippen LogP contribution in [0.2, 0.25) is 0 Å². The van der Waals surface area contributed by atoms with Crippen LogP contribution in [0.3, 0.4) is 0 Å². The highest BCUT2D eigenvalue weighted by Gasteiger charge is 2.45. The molecule has 1 aliphatic carbocycles. The van der Waals surface area contributed by atoms with Gasteiger partial charge in [-0.15, -0.1) is 0 Å². The fourth-order valence-corrected chi connectivity index (χ4v) is 14.5. The summed E-state index contributed by atoms with van der Waals surface area (Å²) in [6, 6.07) is 85.4. The highest BCUT2D eigenvalue weighted by atomic mass is 15.4. The number of benzene rings is 17. The third-order valence-corrected chi connectivity index (χ3v) is 17.5. The van der Waals surface area contributed by atoms with E-state index < -0.39 is 5.66 Å². The van der Waals surface area contributed by atoms with Crippen LogP contribution in [0, 0.1) is 0 Å². The lowest BCUT2D eigenvalue weighted by atomic mass is 9.81. The first kappa shape index (κ1) is 39.2. The molecule has 0 aromatic heterocycles. The van der Waals surface area contributed by atoms with E-state index in [1.165, 1.54) is 152 Å². The Morgan fingerprint density at radius 2 is 0.581 bits per heavy atom. The third-order valence-electron chi connectivity index (χ3n) is 17.5. The molecule has 0 aliphatic heterocycles. The van der Waals surface area contributed by atoms with Crippen molar-refractivity contribution in [3.63, 3.8) is 0 Å². The highest BCUT2D eigenvalue weighted by Crippen LogP contribution is 2.57. The van der Waals surface area contributed by atoms with E-state index in [0.717, 1.165) is 11.4 Å². The van der Waals surface area contributed by atoms with Crippen molar-refractivity contribution >= 4 is 158 Å². The van der Waals surface area contributed by atoms with Crippen LogP contribution in [0.5, 0.6) is 0 Å². The van der Waals surface area contributed by atoms with Gasteiger partial charge >= 0.3 is 0 Å². The van der Waals surface area contributed by atoms with E-state index in [9.17, 15) is 0 Å². The maximum absolute atomic E-state index is 2.71. The minimum Gasteiger partial charge on any atom is -0.313 e. The Bertz CT molecular complexity index is 4740. The number of rotatable bonds is 7. The van der Waals surface area contributed by atoms with Gasteiger partial charge in [-0.05, 0) is 161 Å². The molecule has 0 unspecified atom stereocenters. The molecule has 0 fully saturated rings. The van der Waals surface area contributed by atoms with Gasteiger partial charge in [-0.25, -0.2) is 0 Å². The Balaban J connectivity index is 1.01. The Morgan fingerprint density at radius 3 is 0.919 bits per heavy atom. The minimum atomic E-state index is -0.845. The largest absolute Gasteiger partial charge is 0.313 e. The van der Waals surface area contributed by atoms with Crippen molar-refractivity contribution in [2.45, 2.75) is 12.1 Å². The number of nitrogens with zero attached hydrogens (tertiary/aromatic N) is 2. The van der Waals surface area contributed by atoms with Gasteiger partial charge in [0, 0.05) is 39.3 Å². The fraction of sp³-hybridized carbons (Fsp3) is 0.0278. The molecular weight excluding hydrogens is 893 g/mol. The summed E-state index contributed by atoms with van der Waals surface area (Å²) in [6.45, 7) is 0. The maximum atomic E-state index is 2.71. The molecule has 0 bridgehead atoms. The first-order valence-electron chi connectivity index (χ1n) is 26.0. The van der Waals surface area contributed by atoms with E-state index in [1.807, 2.05) is 0 Å². The van der Waals surface area contributed by atoms with Crippen LogP contribution in [-0.2, 0) is 0 Å². The van der Waals surface area contributed by atoms with Gasteiger partial charge in [0.2, 0.25) is 0 Å². The predicted molar refractivity (Wildman–Crippen MR) is 318 cm³/mol. The molecule has 74 heavy (non-hydrogen) atoms. The molecule has 18 rings (SSSR count). The van der Waals surface area contributed by atoms with Crippen molar-refractivity contribution in [3.8, 4) is 0 Å². The van der Waals surface area contributed by atoms with E-state index in [4.69, 9.17) is 0 Å².